The van der Waals surface area contributed by atoms with Gasteiger partial charge in [-0.3, -0.25) is 4.79 Å². The normalized spacial score (nSPS) is 16.5. The number of sulfonamides is 1. The Labute approximate surface area is 161 Å². The molecule has 1 heterocycles. The number of aromatic amines is 1. The first-order valence-electron chi connectivity index (χ1n) is 9.73. The molecule has 1 aliphatic rings. The van der Waals surface area contributed by atoms with Gasteiger partial charge >= 0.3 is 0 Å². The monoisotopic (exact) mass is 391 g/mol. The van der Waals surface area contributed by atoms with Crippen LogP contribution < -0.4 is 5.32 Å². The summed E-state index contributed by atoms with van der Waals surface area (Å²) in [4.78, 5) is 15.6. The second-order valence-corrected chi connectivity index (χ2v) is 9.44. The SMILES string of the molecule is CS(=O)(=O)N(CCc1c[nH]c2ccccc12)CC(=O)NC1CCCCCC1. The highest BCUT2D eigenvalue weighted by Gasteiger charge is 2.22. The number of fused-ring (bicyclic) bond motifs is 1. The number of amides is 1. The number of nitrogens with zero attached hydrogens (tertiary/aromatic N) is 1. The van der Waals surface area contributed by atoms with Crippen LogP contribution in [-0.4, -0.2) is 49.0 Å². The lowest BCUT2D eigenvalue weighted by Crippen LogP contribution is -2.44. The lowest BCUT2D eigenvalue weighted by Gasteiger charge is -2.22. The number of aromatic nitrogens is 1. The smallest absolute Gasteiger partial charge is 0.235 e. The molecule has 6 nitrogen and oxygen atoms in total. The van der Waals surface area contributed by atoms with Crippen LogP contribution in [-0.2, 0) is 21.2 Å². The molecule has 1 saturated carbocycles. The number of carbonyl (C=O) groups is 1. The van der Waals surface area contributed by atoms with Crippen LogP contribution >= 0.6 is 0 Å². The van der Waals surface area contributed by atoms with Gasteiger partial charge in [-0.05, 0) is 30.9 Å². The van der Waals surface area contributed by atoms with Gasteiger partial charge in [0.05, 0.1) is 12.8 Å². The number of rotatable bonds is 7. The lowest BCUT2D eigenvalue weighted by atomic mass is 10.1. The maximum absolute atomic E-state index is 12.4. The van der Waals surface area contributed by atoms with Crippen LogP contribution in [0.5, 0.6) is 0 Å². The zero-order valence-corrected chi connectivity index (χ0v) is 16.7. The first kappa shape index (κ1) is 19.9. The molecule has 0 unspecified atom stereocenters. The minimum absolute atomic E-state index is 0.113. The summed E-state index contributed by atoms with van der Waals surface area (Å²) in [6.07, 6.45) is 10.3. The first-order valence-corrected chi connectivity index (χ1v) is 11.6. The maximum Gasteiger partial charge on any atom is 0.235 e. The van der Waals surface area contributed by atoms with Gasteiger partial charge in [0, 0.05) is 29.7 Å². The number of carbonyl (C=O) groups excluding carboxylic acids is 1. The van der Waals surface area contributed by atoms with Gasteiger partial charge in [-0.25, -0.2) is 8.42 Å². The summed E-state index contributed by atoms with van der Waals surface area (Å²) < 4.78 is 25.6. The van der Waals surface area contributed by atoms with Gasteiger partial charge in [0.15, 0.2) is 0 Å². The van der Waals surface area contributed by atoms with Crippen molar-refractivity contribution in [1.82, 2.24) is 14.6 Å². The molecule has 1 aromatic carbocycles. The van der Waals surface area contributed by atoms with E-state index in [2.05, 4.69) is 10.3 Å². The Hall–Kier alpha value is -1.86. The summed E-state index contributed by atoms with van der Waals surface area (Å²) in [5.74, 6) is -0.203. The van der Waals surface area contributed by atoms with Gasteiger partial charge in [-0.2, -0.15) is 4.31 Å². The van der Waals surface area contributed by atoms with Crippen molar-refractivity contribution in [3.8, 4) is 0 Å². The Balaban J connectivity index is 1.61. The molecule has 2 N–H and O–H groups in total. The van der Waals surface area contributed by atoms with E-state index >= 15 is 0 Å². The Morgan fingerprint density at radius 1 is 1.19 bits per heavy atom. The predicted molar refractivity (Wildman–Crippen MR) is 108 cm³/mol. The van der Waals surface area contributed by atoms with Crippen molar-refractivity contribution in [3.05, 3.63) is 36.0 Å². The fraction of sp³-hybridized carbons (Fsp3) is 0.550. The van der Waals surface area contributed by atoms with E-state index in [0.29, 0.717) is 13.0 Å². The summed E-state index contributed by atoms with van der Waals surface area (Å²) in [6, 6.07) is 8.12. The molecule has 1 amide bonds. The van der Waals surface area contributed by atoms with E-state index in [1.807, 2.05) is 30.5 Å². The van der Waals surface area contributed by atoms with Crippen LogP contribution in [0.25, 0.3) is 10.9 Å². The lowest BCUT2D eigenvalue weighted by molar-refractivity contribution is -0.122. The van der Waals surface area contributed by atoms with Crippen LogP contribution in [0.4, 0.5) is 0 Å². The molecule has 0 bridgehead atoms. The fourth-order valence-electron chi connectivity index (χ4n) is 3.80. The number of hydrogen-bond acceptors (Lipinski definition) is 3. The average Bonchev–Trinajstić information content (AvgIpc) is 2.85. The van der Waals surface area contributed by atoms with Crippen molar-refractivity contribution in [2.24, 2.45) is 0 Å². The Kier molecular flexibility index (Phi) is 6.55. The Morgan fingerprint density at radius 2 is 1.89 bits per heavy atom. The molecule has 0 spiro atoms. The molecular weight excluding hydrogens is 362 g/mol. The highest BCUT2D eigenvalue weighted by atomic mass is 32.2. The molecule has 27 heavy (non-hydrogen) atoms. The van der Waals surface area contributed by atoms with Crippen LogP contribution in [0.15, 0.2) is 30.5 Å². The molecule has 0 atom stereocenters. The minimum Gasteiger partial charge on any atom is -0.361 e. The van der Waals surface area contributed by atoms with Gasteiger partial charge in [0.25, 0.3) is 0 Å². The van der Waals surface area contributed by atoms with E-state index in [1.54, 1.807) is 0 Å². The van der Waals surface area contributed by atoms with E-state index < -0.39 is 10.0 Å². The van der Waals surface area contributed by atoms with Crippen molar-refractivity contribution in [2.45, 2.75) is 51.0 Å². The standard InChI is InChI=1S/C20H29N3O3S/c1-27(25,26)23(15-20(24)22-17-8-4-2-3-5-9-17)13-12-16-14-21-19-11-7-6-10-18(16)19/h6-7,10-11,14,17,21H,2-5,8-9,12-13,15H2,1H3,(H,22,24). The third-order valence-electron chi connectivity index (χ3n) is 5.31. The molecular formula is C20H29N3O3S. The van der Waals surface area contributed by atoms with E-state index in [4.69, 9.17) is 0 Å². The third kappa shape index (κ3) is 5.56. The zero-order valence-electron chi connectivity index (χ0n) is 15.9. The second kappa shape index (κ2) is 8.89. The molecule has 7 heteroatoms. The topological polar surface area (TPSA) is 82.3 Å². The molecule has 1 aromatic heterocycles. The molecule has 0 saturated heterocycles. The van der Waals surface area contributed by atoms with Crippen molar-refractivity contribution in [3.63, 3.8) is 0 Å². The van der Waals surface area contributed by atoms with Crippen LogP contribution in [0.1, 0.15) is 44.1 Å². The molecule has 2 aromatic rings. The molecule has 3 rings (SSSR count). The molecule has 0 aliphatic heterocycles. The number of H-pyrrole nitrogens is 1. The Morgan fingerprint density at radius 3 is 2.59 bits per heavy atom. The maximum atomic E-state index is 12.4. The van der Waals surface area contributed by atoms with Crippen molar-refractivity contribution < 1.29 is 13.2 Å². The zero-order chi connectivity index (χ0) is 19.3. The fourth-order valence-corrected chi connectivity index (χ4v) is 4.58. The van der Waals surface area contributed by atoms with Crippen molar-refractivity contribution in [2.75, 3.05) is 19.3 Å². The predicted octanol–water partition coefficient (Wildman–Crippen LogP) is 2.81. The van der Waals surface area contributed by atoms with Gasteiger partial charge in [0.1, 0.15) is 0 Å². The highest BCUT2D eigenvalue weighted by molar-refractivity contribution is 7.88. The summed E-state index contributed by atoms with van der Waals surface area (Å²) in [5, 5.41) is 4.12. The third-order valence-corrected chi connectivity index (χ3v) is 6.56. The molecule has 1 aliphatic carbocycles. The van der Waals surface area contributed by atoms with E-state index in [0.717, 1.165) is 42.1 Å². The minimum atomic E-state index is -3.45. The van der Waals surface area contributed by atoms with Gasteiger partial charge < -0.3 is 10.3 Å². The highest BCUT2D eigenvalue weighted by Crippen LogP contribution is 2.19. The number of benzene rings is 1. The van der Waals surface area contributed by atoms with Crippen LogP contribution in [0, 0.1) is 0 Å². The average molecular weight is 392 g/mol. The number of para-hydroxylation sites is 1. The van der Waals surface area contributed by atoms with Gasteiger partial charge in [0.2, 0.25) is 15.9 Å². The second-order valence-electron chi connectivity index (χ2n) is 7.46. The number of hydrogen-bond donors (Lipinski definition) is 2. The summed E-state index contributed by atoms with van der Waals surface area (Å²) in [7, 11) is -3.45. The van der Waals surface area contributed by atoms with Gasteiger partial charge in [-0.15, -0.1) is 0 Å². The Bertz CT molecular complexity index is 867. The number of nitrogens with one attached hydrogen (secondary N) is 2. The van der Waals surface area contributed by atoms with Crippen LogP contribution in [0.3, 0.4) is 0 Å². The first-order chi connectivity index (χ1) is 12.9. The van der Waals surface area contributed by atoms with E-state index in [-0.39, 0.29) is 18.5 Å². The largest absolute Gasteiger partial charge is 0.361 e. The van der Waals surface area contributed by atoms with E-state index in [9.17, 15) is 13.2 Å². The van der Waals surface area contributed by atoms with Crippen molar-refractivity contribution >= 4 is 26.8 Å². The van der Waals surface area contributed by atoms with Crippen molar-refractivity contribution in [1.29, 1.82) is 0 Å². The molecule has 0 radical (unpaired) electrons. The van der Waals surface area contributed by atoms with Gasteiger partial charge in [-0.1, -0.05) is 43.9 Å². The van der Waals surface area contributed by atoms with Crippen LogP contribution in [0.2, 0.25) is 0 Å². The summed E-state index contributed by atoms with van der Waals surface area (Å²) in [6.45, 7) is 0.177. The summed E-state index contributed by atoms with van der Waals surface area (Å²) in [5.41, 5.74) is 2.09. The van der Waals surface area contributed by atoms with E-state index in [1.165, 1.54) is 23.4 Å². The molecule has 1 fully saturated rings. The quantitative estimate of drug-likeness (QED) is 0.712. The summed E-state index contributed by atoms with van der Waals surface area (Å²) >= 11 is 0. The molecule has 148 valence electrons.